The molecular weight excluding hydrogens is 326 g/mol. The molecule has 3 amide bonds. The number of likely N-dealkylation sites (tertiary alicyclic amines) is 1. The van der Waals surface area contributed by atoms with Crippen molar-refractivity contribution in [3.05, 3.63) is 65.2 Å². The van der Waals surface area contributed by atoms with Crippen molar-refractivity contribution in [2.24, 2.45) is 0 Å². The van der Waals surface area contributed by atoms with Crippen LogP contribution in [0.3, 0.4) is 0 Å². The normalized spacial score (nSPS) is 14.8. The molecule has 1 aliphatic heterocycles. The molecule has 5 heteroatoms. The maximum atomic E-state index is 12.4. The summed E-state index contributed by atoms with van der Waals surface area (Å²) in [5.41, 5.74) is 3.69. The molecule has 0 spiro atoms. The molecule has 3 rings (SSSR count). The molecule has 2 aromatic rings. The zero-order chi connectivity index (χ0) is 18.5. The third-order valence-electron chi connectivity index (χ3n) is 4.82. The molecule has 2 aromatic carbocycles. The van der Waals surface area contributed by atoms with E-state index in [9.17, 15) is 9.59 Å². The van der Waals surface area contributed by atoms with Gasteiger partial charge in [-0.05, 0) is 50.5 Å². The van der Waals surface area contributed by atoms with E-state index in [-0.39, 0.29) is 18.0 Å². The van der Waals surface area contributed by atoms with Crippen LogP contribution in [-0.2, 0) is 0 Å². The Morgan fingerprint density at radius 3 is 2.27 bits per heavy atom. The summed E-state index contributed by atoms with van der Waals surface area (Å²) in [5.74, 6) is -0.0483. The average Bonchev–Trinajstić information content (AvgIpc) is 2.64. The Hall–Kier alpha value is -2.82. The maximum Gasteiger partial charge on any atom is 0.321 e. The van der Waals surface area contributed by atoms with Crippen molar-refractivity contribution in [3.63, 3.8) is 0 Å². The lowest BCUT2D eigenvalue weighted by molar-refractivity contribution is 0.0919. The monoisotopic (exact) mass is 351 g/mol. The number of piperidine rings is 1. The molecule has 0 atom stereocenters. The second-order valence-electron chi connectivity index (χ2n) is 6.85. The molecule has 0 unspecified atom stereocenters. The van der Waals surface area contributed by atoms with Crippen molar-refractivity contribution in [1.29, 1.82) is 0 Å². The van der Waals surface area contributed by atoms with Crippen LogP contribution in [0.1, 0.15) is 34.3 Å². The first-order valence-electron chi connectivity index (χ1n) is 9.02. The van der Waals surface area contributed by atoms with E-state index in [4.69, 9.17) is 0 Å². The topological polar surface area (TPSA) is 61.4 Å². The van der Waals surface area contributed by atoms with Gasteiger partial charge in [-0.15, -0.1) is 0 Å². The first kappa shape index (κ1) is 18.0. The minimum atomic E-state index is -0.0809. The Balaban J connectivity index is 1.49. The van der Waals surface area contributed by atoms with Gasteiger partial charge < -0.3 is 15.5 Å². The number of rotatable bonds is 3. The summed E-state index contributed by atoms with van der Waals surface area (Å²) in [6, 6.07) is 15.3. The SMILES string of the molecule is Cc1ccc(C(=O)NC2CCN(C(=O)Nc3ccccc3C)CC2)cc1. The number of nitrogens with one attached hydrogen (secondary N) is 2. The number of benzene rings is 2. The predicted octanol–water partition coefficient (Wildman–Crippen LogP) is 3.73. The first-order valence-corrected chi connectivity index (χ1v) is 9.02. The molecule has 26 heavy (non-hydrogen) atoms. The van der Waals surface area contributed by atoms with E-state index < -0.39 is 0 Å². The van der Waals surface area contributed by atoms with Crippen LogP contribution >= 0.6 is 0 Å². The minimum Gasteiger partial charge on any atom is -0.349 e. The highest BCUT2D eigenvalue weighted by Crippen LogP contribution is 2.16. The summed E-state index contributed by atoms with van der Waals surface area (Å²) >= 11 is 0. The molecule has 1 saturated heterocycles. The largest absolute Gasteiger partial charge is 0.349 e. The van der Waals surface area contributed by atoms with Gasteiger partial charge in [0.1, 0.15) is 0 Å². The van der Waals surface area contributed by atoms with Gasteiger partial charge in [0.2, 0.25) is 0 Å². The number of hydrogen-bond donors (Lipinski definition) is 2. The lowest BCUT2D eigenvalue weighted by Crippen LogP contribution is -2.47. The second kappa shape index (κ2) is 8.04. The van der Waals surface area contributed by atoms with E-state index in [1.54, 1.807) is 4.90 Å². The Kier molecular flexibility index (Phi) is 5.56. The molecule has 2 N–H and O–H groups in total. The van der Waals surface area contributed by atoms with Crippen LogP contribution in [0.25, 0.3) is 0 Å². The summed E-state index contributed by atoms with van der Waals surface area (Å²) < 4.78 is 0. The number of carbonyl (C=O) groups is 2. The highest BCUT2D eigenvalue weighted by Gasteiger charge is 2.24. The molecule has 5 nitrogen and oxygen atoms in total. The van der Waals surface area contributed by atoms with Crippen LogP contribution in [0.5, 0.6) is 0 Å². The number of hydrogen-bond acceptors (Lipinski definition) is 2. The van der Waals surface area contributed by atoms with E-state index in [1.165, 1.54) is 0 Å². The highest BCUT2D eigenvalue weighted by atomic mass is 16.2. The molecule has 1 aliphatic rings. The fourth-order valence-electron chi connectivity index (χ4n) is 3.11. The molecule has 0 aromatic heterocycles. The van der Waals surface area contributed by atoms with Crippen LogP contribution in [0.15, 0.2) is 48.5 Å². The van der Waals surface area contributed by atoms with Crippen molar-refractivity contribution in [1.82, 2.24) is 10.2 Å². The van der Waals surface area contributed by atoms with Crippen LogP contribution in [0.2, 0.25) is 0 Å². The third-order valence-corrected chi connectivity index (χ3v) is 4.82. The van der Waals surface area contributed by atoms with Gasteiger partial charge in [-0.3, -0.25) is 4.79 Å². The van der Waals surface area contributed by atoms with Gasteiger partial charge in [0.05, 0.1) is 0 Å². The number of nitrogens with zero attached hydrogens (tertiary/aromatic N) is 1. The third kappa shape index (κ3) is 4.42. The maximum absolute atomic E-state index is 12.4. The summed E-state index contributed by atoms with van der Waals surface area (Å²) in [6.45, 7) is 5.25. The lowest BCUT2D eigenvalue weighted by atomic mass is 10.0. The number of anilines is 1. The summed E-state index contributed by atoms with van der Waals surface area (Å²) in [7, 11) is 0. The van der Waals surface area contributed by atoms with Gasteiger partial charge in [-0.1, -0.05) is 35.9 Å². The van der Waals surface area contributed by atoms with Crippen molar-refractivity contribution in [2.75, 3.05) is 18.4 Å². The van der Waals surface area contributed by atoms with E-state index in [2.05, 4.69) is 10.6 Å². The fraction of sp³-hybridized carbons (Fsp3) is 0.333. The van der Waals surface area contributed by atoms with E-state index in [1.807, 2.05) is 62.4 Å². The van der Waals surface area contributed by atoms with Gasteiger partial charge >= 0.3 is 6.03 Å². The predicted molar refractivity (Wildman–Crippen MR) is 103 cm³/mol. The molecule has 1 heterocycles. The molecule has 0 aliphatic carbocycles. The summed E-state index contributed by atoms with van der Waals surface area (Å²) in [4.78, 5) is 26.6. The fourth-order valence-corrected chi connectivity index (χ4v) is 3.11. The van der Waals surface area contributed by atoms with Gasteiger partial charge in [-0.2, -0.15) is 0 Å². The van der Waals surface area contributed by atoms with E-state index >= 15 is 0 Å². The second-order valence-corrected chi connectivity index (χ2v) is 6.85. The number of aryl methyl sites for hydroxylation is 2. The van der Waals surface area contributed by atoms with Gasteiger partial charge in [0, 0.05) is 30.4 Å². The Bertz CT molecular complexity index is 778. The van der Waals surface area contributed by atoms with Gasteiger partial charge in [-0.25, -0.2) is 4.79 Å². The quantitative estimate of drug-likeness (QED) is 0.885. The molecule has 136 valence electrons. The van der Waals surface area contributed by atoms with Gasteiger partial charge in [0.15, 0.2) is 0 Å². The van der Waals surface area contributed by atoms with Crippen LogP contribution in [-0.4, -0.2) is 36.0 Å². The van der Waals surface area contributed by atoms with Crippen molar-refractivity contribution >= 4 is 17.6 Å². The Labute approximate surface area is 154 Å². The van der Waals surface area contributed by atoms with Crippen molar-refractivity contribution in [3.8, 4) is 0 Å². The Morgan fingerprint density at radius 2 is 1.62 bits per heavy atom. The lowest BCUT2D eigenvalue weighted by Gasteiger charge is -2.32. The average molecular weight is 351 g/mol. The zero-order valence-corrected chi connectivity index (χ0v) is 15.3. The molecular formula is C21H25N3O2. The van der Waals surface area contributed by atoms with E-state index in [0.717, 1.165) is 29.7 Å². The number of urea groups is 1. The van der Waals surface area contributed by atoms with Crippen LogP contribution < -0.4 is 10.6 Å². The minimum absolute atomic E-state index is 0.0483. The van der Waals surface area contributed by atoms with Crippen LogP contribution in [0, 0.1) is 13.8 Å². The van der Waals surface area contributed by atoms with E-state index in [0.29, 0.717) is 18.7 Å². The zero-order valence-electron chi connectivity index (χ0n) is 15.3. The summed E-state index contributed by atoms with van der Waals surface area (Å²) in [6.07, 6.45) is 1.53. The first-order chi connectivity index (χ1) is 12.5. The van der Waals surface area contributed by atoms with Crippen molar-refractivity contribution in [2.45, 2.75) is 32.7 Å². The van der Waals surface area contributed by atoms with Crippen LogP contribution in [0.4, 0.5) is 10.5 Å². The highest BCUT2D eigenvalue weighted by molar-refractivity contribution is 5.94. The standard InChI is InChI=1S/C21H25N3O2/c1-15-7-9-17(10-8-15)20(25)22-18-11-13-24(14-12-18)21(26)23-19-6-4-3-5-16(19)2/h3-10,18H,11-14H2,1-2H3,(H,22,25)(H,23,26). The number of amides is 3. The molecule has 1 fully saturated rings. The number of para-hydroxylation sites is 1. The van der Waals surface area contributed by atoms with Crippen molar-refractivity contribution < 1.29 is 9.59 Å². The molecule has 0 radical (unpaired) electrons. The summed E-state index contributed by atoms with van der Waals surface area (Å²) in [5, 5.41) is 6.04. The number of carbonyl (C=O) groups excluding carboxylic acids is 2. The molecule has 0 bridgehead atoms. The van der Waals surface area contributed by atoms with Gasteiger partial charge in [0.25, 0.3) is 5.91 Å². The smallest absolute Gasteiger partial charge is 0.321 e. The Morgan fingerprint density at radius 1 is 0.962 bits per heavy atom. The molecule has 0 saturated carbocycles.